The molecule has 2 amide bonds. The van der Waals surface area contributed by atoms with Crippen LogP contribution in [0.4, 0.5) is 5.82 Å². The Kier molecular flexibility index (Phi) is 3.37. The molecule has 1 aromatic heterocycles. The van der Waals surface area contributed by atoms with Crippen LogP contribution >= 0.6 is 0 Å². The smallest absolute Gasteiger partial charge is 0.230 e. The lowest BCUT2D eigenvalue weighted by Gasteiger charge is -2.21. The minimum atomic E-state index is -0.157. The molecule has 0 aromatic carbocycles. The lowest BCUT2D eigenvalue weighted by atomic mass is 9.98. The van der Waals surface area contributed by atoms with Crippen LogP contribution < -0.4 is 10.6 Å². The number of piperidine rings is 1. The van der Waals surface area contributed by atoms with Crippen molar-refractivity contribution in [2.45, 2.75) is 19.8 Å². The molecule has 0 bridgehead atoms. The van der Waals surface area contributed by atoms with Crippen LogP contribution in [0.25, 0.3) is 0 Å². The number of nitrogens with zero attached hydrogens (tertiary/aromatic N) is 1. The zero-order chi connectivity index (χ0) is 12.3. The number of amides is 2. The minimum absolute atomic E-state index is 0.0164. The predicted octanol–water partition coefficient (Wildman–Crippen LogP) is 0.855. The highest BCUT2D eigenvalue weighted by Gasteiger charge is 2.24. The second kappa shape index (κ2) is 4.95. The van der Waals surface area contributed by atoms with Gasteiger partial charge in [-0.15, -0.1) is 0 Å². The van der Waals surface area contributed by atoms with Crippen molar-refractivity contribution >= 4 is 17.6 Å². The fourth-order valence-corrected chi connectivity index (χ4v) is 1.79. The molecule has 5 heteroatoms. The maximum Gasteiger partial charge on any atom is 0.230 e. The van der Waals surface area contributed by atoms with Gasteiger partial charge in [0.1, 0.15) is 5.82 Å². The summed E-state index contributed by atoms with van der Waals surface area (Å²) < 4.78 is 0. The van der Waals surface area contributed by atoms with Crippen molar-refractivity contribution in [2.24, 2.45) is 5.92 Å². The van der Waals surface area contributed by atoms with E-state index in [0.717, 1.165) is 5.56 Å². The lowest BCUT2D eigenvalue weighted by molar-refractivity contribution is -0.126. The van der Waals surface area contributed by atoms with E-state index >= 15 is 0 Å². The second-order valence-electron chi connectivity index (χ2n) is 4.25. The molecule has 0 radical (unpaired) electrons. The van der Waals surface area contributed by atoms with Gasteiger partial charge in [-0.25, -0.2) is 4.98 Å². The molecule has 2 heterocycles. The molecule has 0 spiro atoms. The maximum absolute atomic E-state index is 11.9. The third-order valence-corrected chi connectivity index (χ3v) is 2.80. The molecule has 1 aliphatic heterocycles. The molecule has 0 saturated carbocycles. The van der Waals surface area contributed by atoms with Gasteiger partial charge in [-0.1, -0.05) is 0 Å². The first kappa shape index (κ1) is 11.6. The van der Waals surface area contributed by atoms with E-state index in [1.165, 1.54) is 0 Å². The van der Waals surface area contributed by atoms with Gasteiger partial charge < -0.3 is 10.6 Å². The predicted molar refractivity (Wildman–Crippen MR) is 63.3 cm³/mol. The average molecular weight is 233 g/mol. The molecule has 1 aromatic rings. The first-order valence-electron chi connectivity index (χ1n) is 5.65. The largest absolute Gasteiger partial charge is 0.355 e. The van der Waals surface area contributed by atoms with E-state index in [2.05, 4.69) is 15.6 Å². The molecule has 90 valence electrons. The van der Waals surface area contributed by atoms with E-state index in [-0.39, 0.29) is 17.7 Å². The standard InChI is InChI=1S/C12H15N3O2/c1-8-4-5-13-10(6-8)15-12(17)9-2-3-11(16)14-7-9/h4-6,9H,2-3,7H2,1H3,(H,14,16)(H,13,15,17)/t9-/m0/s1. The topological polar surface area (TPSA) is 71.1 Å². The summed E-state index contributed by atoms with van der Waals surface area (Å²) >= 11 is 0. The van der Waals surface area contributed by atoms with E-state index in [0.29, 0.717) is 25.2 Å². The molecular weight excluding hydrogens is 218 g/mol. The molecule has 1 atom stereocenters. The summed E-state index contributed by atoms with van der Waals surface area (Å²) in [4.78, 5) is 26.9. The minimum Gasteiger partial charge on any atom is -0.355 e. The summed E-state index contributed by atoms with van der Waals surface area (Å²) in [7, 11) is 0. The molecule has 1 saturated heterocycles. The number of aromatic nitrogens is 1. The van der Waals surface area contributed by atoms with Gasteiger partial charge in [-0.3, -0.25) is 9.59 Å². The van der Waals surface area contributed by atoms with Gasteiger partial charge in [-0.05, 0) is 31.0 Å². The SMILES string of the molecule is Cc1ccnc(NC(=O)[C@H]2CCC(=O)NC2)c1. The van der Waals surface area contributed by atoms with Gasteiger partial charge in [0.15, 0.2) is 0 Å². The molecular formula is C12H15N3O2. The number of hydrogen-bond acceptors (Lipinski definition) is 3. The summed E-state index contributed by atoms with van der Waals surface area (Å²) in [5, 5.41) is 5.46. The highest BCUT2D eigenvalue weighted by molar-refractivity contribution is 5.93. The fraction of sp³-hybridized carbons (Fsp3) is 0.417. The third kappa shape index (κ3) is 3.03. The normalized spacial score (nSPS) is 19.6. The van der Waals surface area contributed by atoms with E-state index in [1.54, 1.807) is 6.20 Å². The van der Waals surface area contributed by atoms with Crippen LogP contribution in [0.3, 0.4) is 0 Å². The number of hydrogen-bond donors (Lipinski definition) is 2. The molecule has 0 aliphatic carbocycles. The highest BCUT2D eigenvalue weighted by Crippen LogP contribution is 2.14. The van der Waals surface area contributed by atoms with Gasteiger partial charge >= 0.3 is 0 Å². The second-order valence-corrected chi connectivity index (χ2v) is 4.25. The van der Waals surface area contributed by atoms with Gasteiger partial charge in [0.2, 0.25) is 11.8 Å². The van der Waals surface area contributed by atoms with E-state index < -0.39 is 0 Å². The summed E-state index contributed by atoms with van der Waals surface area (Å²) in [6.07, 6.45) is 2.68. The number of pyridine rings is 1. The molecule has 5 nitrogen and oxygen atoms in total. The van der Waals surface area contributed by atoms with Crippen molar-refractivity contribution in [1.82, 2.24) is 10.3 Å². The van der Waals surface area contributed by atoms with Gasteiger partial charge in [0.25, 0.3) is 0 Å². The Morgan fingerprint density at radius 1 is 1.59 bits per heavy atom. The van der Waals surface area contributed by atoms with Crippen LogP contribution in [0.15, 0.2) is 18.3 Å². The third-order valence-electron chi connectivity index (χ3n) is 2.80. The lowest BCUT2D eigenvalue weighted by Crippen LogP contribution is -2.40. The zero-order valence-corrected chi connectivity index (χ0v) is 9.69. The molecule has 1 fully saturated rings. The Hall–Kier alpha value is -1.91. The Morgan fingerprint density at radius 2 is 2.41 bits per heavy atom. The first-order valence-corrected chi connectivity index (χ1v) is 5.65. The van der Waals surface area contributed by atoms with Crippen molar-refractivity contribution in [3.05, 3.63) is 23.9 Å². The summed E-state index contributed by atoms with van der Waals surface area (Å²) in [5.74, 6) is 0.341. The number of carbonyl (C=O) groups excluding carboxylic acids is 2. The van der Waals surface area contributed by atoms with Gasteiger partial charge in [0, 0.05) is 19.2 Å². The number of anilines is 1. The summed E-state index contributed by atoms with van der Waals surface area (Å²) in [6.45, 7) is 2.36. The van der Waals surface area contributed by atoms with E-state index in [9.17, 15) is 9.59 Å². The van der Waals surface area contributed by atoms with Crippen LogP contribution in [-0.4, -0.2) is 23.3 Å². The fourth-order valence-electron chi connectivity index (χ4n) is 1.79. The van der Waals surface area contributed by atoms with Crippen molar-refractivity contribution in [3.63, 3.8) is 0 Å². The van der Waals surface area contributed by atoms with Crippen LogP contribution in [0.5, 0.6) is 0 Å². The molecule has 1 aliphatic rings. The van der Waals surface area contributed by atoms with Crippen LogP contribution in [0.1, 0.15) is 18.4 Å². The van der Waals surface area contributed by atoms with Crippen molar-refractivity contribution in [2.75, 3.05) is 11.9 Å². The number of aryl methyl sites for hydroxylation is 1. The summed E-state index contributed by atoms with van der Waals surface area (Å²) in [6, 6.07) is 3.69. The van der Waals surface area contributed by atoms with Crippen LogP contribution in [0, 0.1) is 12.8 Å². The molecule has 2 rings (SSSR count). The number of rotatable bonds is 2. The monoisotopic (exact) mass is 233 g/mol. The Morgan fingerprint density at radius 3 is 3.06 bits per heavy atom. The average Bonchev–Trinajstić information content (AvgIpc) is 2.29. The van der Waals surface area contributed by atoms with Gasteiger partial charge in [-0.2, -0.15) is 0 Å². The Balaban J connectivity index is 1.95. The van der Waals surface area contributed by atoms with Crippen LogP contribution in [-0.2, 0) is 9.59 Å². The zero-order valence-electron chi connectivity index (χ0n) is 9.69. The summed E-state index contributed by atoms with van der Waals surface area (Å²) in [5.41, 5.74) is 1.05. The quantitative estimate of drug-likeness (QED) is 0.795. The van der Waals surface area contributed by atoms with Crippen molar-refractivity contribution < 1.29 is 9.59 Å². The Labute approximate surface area is 99.6 Å². The van der Waals surface area contributed by atoms with Gasteiger partial charge in [0.05, 0.1) is 5.92 Å². The number of nitrogens with one attached hydrogen (secondary N) is 2. The Bertz CT molecular complexity index is 435. The first-order chi connectivity index (χ1) is 8.15. The number of carbonyl (C=O) groups is 2. The van der Waals surface area contributed by atoms with E-state index in [4.69, 9.17) is 0 Å². The molecule has 0 unspecified atom stereocenters. The van der Waals surface area contributed by atoms with Crippen molar-refractivity contribution in [1.29, 1.82) is 0 Å². The maximum atomic E-state index is 11.9. The van der Waals surface area contributed by atoms with E-state index in [1.807, 2.05) is 19.1 Å². The highest BCUT2D eigenvalue weighted by atomic mass is 16.2. The van der Waals surface area contributed by atoms with Crippen molar-refractivity contribution in [3.8, 4) is 0 Å². The molecule has 2 N–H and O–H groups in total. The molecule has 17 heavy (non-hydrogen) atoms. The van der Waals surface area contributed by atoms with Crippen LogP contribution in [0.2, 0.25) is 0 Å².